The molecule has 0 saturated carbocycles. The van der Waals surface area contributed by atoms with Gasteiger partial charge in [0.1, 0.15) is 30.3 Å². The summed E-state index contributed by atoms with van der Waals surface area (Å²) in [5.41, 5.74) is -0.0302. The van der Waals surface area contributed by atoms with Crippen molar-refractivity contribution in [3.63, 3.8) is 0 Å². The molecule has 0 aliphatic carbocycles. The van der Waals surface area contributed by atoms with E-state index in [-0.39, 0.29) is 57.0 Å². The maximum atomic E-state index is 12.7. The molecule has 0 spiro atoms. The summed E-state index contributed by atoms with van der Waals surface area (Å²) in [5, 5.41) is 0. The van der Waals surface area contributed by atoms with Gasteiger partial charge < -0.3 is 33.2 Å². The summed E-state index contributed by atoms with van der Waals surface area (Å²) in [5.74, 6) is -0.932. The van der Waals surface area contributed by atoms with E-state index in [2.05, 4.69) is 16.5 Å². The van der Waals surface area contributed by atoms with Gasteiger partial charge in [-0.25, -0.2) is 24.4 Å². The first-order valence-corrected chi connectivity index (χ1v) is 11.6. The lowest BCUT2D eigenvalue weighted by Gasteiger charge is -2.12. The van der Waals surface area contributed by atoms with Crippen molar-refractivity contribution in [2.75, 3.05) is 46.2 Å². The number of esters is 2. The Labute approximate surface area is 214 Å². The second kappa shape index (κ2) is 17.4. The average Bonchev–Trinajstić information content (AvgIpc) is 2.90. The molecule has 0 N–H and O–H groups in total. The summed E-state index contributed by atoms with van der Waals surface area (Å²) in [6.45, 7) is 6.67. The molecule has 37 heavy (non-hydrogen) atoms. The summed E-state index contributed by atoms with van der Waals surface area (Å²) in [6, 6.07) is 5.76. The standard InChI is InChI=1S/C25H30N2O10/c1-3-5-11-33-19-7-8-21(36-25(30)37-24-26-9-6-10-27-24)20(18-19)23(29)35-17-15-32-13-12-31-14-16-34-22(28)4-2/h4,6-10,18H,2-3,5,11-17H2,1H3. The molecular formula is C25H30N2O10. The third-order valence-corrected chi connectivity index (χ3v) is 4.32. The molecule has 0 atom stereocenters. The summed E-state index contributed by atoms with van der Waals surface area (Å²) in [4.78, 5) is 43.3. The molecular weight excluding hydrogens is 488 g/mol. The number of aromatic nitrogens is 2. The molecule has 12 nitrogen and oxygen atoms in total. The molecule has 0 fully saturated rings. The number of hydrogen-bond donors (Lipinski definition) is 0. The molecule has 1 heterocycles. The van der Waals surface area contributed by atoms with Crippen LogP contribution in [0.3, 0.4) is 0 Å². The lowest BCUT2D eigenvalue weighted by atomic mass is 10.2. The number of benzene rings is 1. The minimum Gasteiger partial charge on any atom is -0.494 e. The van der Waals surface area contributed by atoms with E-state index in [1.54, 1.807) is 12.1 Å². The van der Waals surface area contributed by atoms with Crippen LogP contribution in [-0.4, -0.2) is 74.3 Å². The lowest BCUT2D eigenvalue weighted by Crippen LogP contribution is -2.18. The smallest absolute Gasteiger partial charge is 0.494 e. The van der Waals surface area contributed by atoms with Gasteiger partial charge in [-0.15, -0.1) is 0 Å². The van der Waals surface area contributed by atoms with Crippen molar-refractivity contribution in [2.45, 2.75) is 19.8 Å². The Bertz CT molecular complexity index is 1000. The van der Waals surface area contributed by atoms with Crippen molar-refractivity contribution in [1.29, 1.82) is 0 Å². The van der Waals surface area contributed by atoms with Crippen LogP contribution in [0.25, 0.3) is 0 Å². The fourth-order valence-electron chi connectivity index (χ4n) is 2.56. The highest BCUT2D eigenvalue weighted by Crippen LogP contribution is 2.26. The van der Waals surface area contributed by atoms with Crippen molar-refractivity contribution >= 4 is 18.1 Å². The minimum absolute atomic E-state index is 0.0302. The first-order valence-electron chi connectivity index (χ1n) is 11.6. The number of carbonyl (C=O) groups excluding carboxylic acids is 3. The van der Waals surface area contributed by atoms with Crippen LogP contribution < -0.4 is 14.2 Å². The summed E-state index contributed by atoms with van der Waals surface area (Å²) >= 11 is 0. The normalized spacial score (nSPS) is 10.3. The van der Waals surface area contributed by atoms with Crippen LogP contribution in [0.15, 0.2) is 49.3 Å². The Balaban J connectivity index is 1.83. The Morgan fingerprint density at radius 1 is 0.892 bits per heavy atom. The van der Waals surface area contributed by atoms with Gasteiger partial charge in [-0.2, -0.15) is 0 Å². The van der Waals surface area contributed by atoms with Crippen molar-refractivity contribution in [2.24, 2.45) is 0 Å². The minimum atomic E-state index is -1.12. The first kappa shape index (κ1) is 29.2. The summed E-state index contributed by atoms with van der Waals surface area (Å²) < 4.78 is 36.3. The van der Waals surface area contributed by atoms with Crippen molar-refractivity contribution < 1.29 is 47.5 Å². The van der Waals surface area contributed by atoms with E-state index >= 15 is 0 Å². The molecule has 1 aromatic carbocycles. The Hall–Kier alpha value is -4.03. The van der Waals surface area contributed by atoms with Crippen LogP contribution in [0.4, 0.5) is 4.79 Å². The van der Waals surface area contributed by atoms with Crippen LogP contribution in [0.1, 0.15) is 30.1 Å². The van der Waals surface area contributed by atoms with Gasteiger partial charge >= 0.3 is 24.1 Å². The second-order valence-corrected chi connectivity index (χ2v) is 7.08. The fraction of sp³-hybridized carbons (Fsp3) is 0.400. The van der Waals surface area contributed by atoms with E-state index in [9.17, 15) is 14.4 Å². The van der Waals surface area contributed by atoms with Crippen LogP contribution in [0.5, 0.6) is 17.5 Å². The Kier molecular flexibility index (Phi) is 13.7. The average molecular weight is 519 g/mol. The predicted octanol–water partition coefficient (Wildman–Crippen LogP) is 3.15. The van der Waals surface area contributed by atoms with Gasteiger partial charge in [-0.3, -0.25) is 0 Å². The predicted molar refractivity (Wildman–Crippen MR) is 129 cm³/mol. The molecule has 0 aliphatic rings. The van der Waals surface area contributed by atoms with Gasteiger partial charge in [-0.05, 0) is 30.7 Å². The van der Waals surface area contributed by atoms with Crippen molar-refractivity contribution in [3.05, 3.63) is 54.9 Å². The number of rotatable bonds is 17. The van der Waals surface area contributed by atoms with Gasteiger partial charge in [0.05, 0.1) is 33.0 Å². The molecule has 1 aromatic heterocycles. The molecule has 0 amide bonds. The molecule has 2 aromatic rings. The van der Waals surface area contributed by atoms with Gasteiger partial charge in [0.2, 0.25) is 0 Å². The van der Waals surface area contributed by atoms with E-state index < -0.39 is 18.1 Å². The molecule has 0 unspecified atom stereocenters. The lowest BCUT2D eigenvalue weighted by molar-refractivity contribution is -0.139. The van der Waals surface area contributed by atoms with E-state index in [0.29, 0.717) is 12.4 Å². The molecule has 12 heteroatoms. The quantitative estimate of drug-likeness (QED) is 0.131. The number of carbonyl (C=O) groups is 3. The molecule has 0 saturated heterocycles. The summed E-state index contributed by atoms with van der Waals surface area (Å²) in [7, 11) is 0. The fourth-order valence-corrected chi connectivity index (χ4v) is 2.56. The highest BCUT2D eigenvalue weighted by atomic mass is 16.7. The number of ether oxygens (including phenoxy) is 7. The topological polar surface area (TPSA) is 142 Å². The van der Waals surface area contributed by atoms with Crippen molar-refractivity contribution in [3.8, 4) is 17.5 Å². The highest BCUT2D eigenvalue weighted by Gasteiger charge is 2.20. The number of unbranched alkanes of at least 4 members (excludes halogenated alkanes) is 1. The monoisotopic (exact) mass is 518 g/mol. The van der Waals surface area contributed by atoms with Gasteiger partial charge in [0, 0.05) is 18.5 Å². The zero-order valence-corrected chi connectivity index (χ0v) is 20.6. The van der Waals surface area contributed by atoms with E-state index in [1.807, 2.05) is 6.92 Å². The maximum Gasteiger partial charge on any atom is 0.521 e. The third kappa shape index (κ3) is 12.0. The molecule has 200 valence electrons. The molecule has 0 bridgehead atoms. The third-order valence-electron chi connectivity index (χ3n) is 4.32. The van der Waals surface area contributed by atoms with E-state index in [0.717, 1.165) is 18.9 Å². The number of nitrogens with zero attached hydrogens (tertiary/aromatic N) is 2. The summed E-state index contributed by atoms with van der Waals surface area (Å²) in [6.07, 6.45) is 4.52. The Morgan fingerprint density at radius 2 is 1.57 bits per heavy atom. The van der Waals surface area contributed by atoms with E-state index in [4.69, 9.17) is 33.2 Å². The van der Waals surface area contributed by atoms with Gasteiger partial charge in [-0.1, -0.05) is 19.9 Å². The van der Waals surface area contributed by atoms with Crippen LogP contribution in [0.2, 0.25) is 0 Å². The van der Waals surface area contributed by atoms with Crippen LogP contribution in [0, 0.1) is 0 Å². The van der Waals surface area contributed by atoms with Crippen molar-refractivity contribution in [1.82, 2.24) is 9.97 Å². The second-order valence-electron chi connectivity index (χ2n) is 7.08. The first-order chi connectivity index (χ1) is 18.0. The van der Waals surface area contributed by atoms with E-state index in [1.165, 1.54) is 24.5 Å². The SMILES string of the molecule is C=CC(=O)OCCOCCOCCOC(=O)c1cc(OCCCC)ccc1OC(=O)Oc1ncccn1. The molecule has 2 rings (SSSR count). The molecule has 0 radical (unpaired) electrons. The zero-order chi connectivity index (χ0) is 26.7. The number of hydrogen-bond acceptors (Lipinski definition) is 12. The van der Waals surface area contributed by atoms with Gasteiger partial charge in [0.15, 0.2) is 0 Å². The Morgan fingerprint density at radius 3 is 2.24 bits per heavy atom. The zero-order valence-electron chi connectivity index (χ0n) is 20.6. The largest absolute Gasteiger partial charge is 0.521 e. The molecule has 0 aliphatic heterocycles. The maximum absolute atomic E-state index is 12.7. The van der Waals surface area contributed by atoms with Crippen LogP contribution in [-0.2, 0) is 23.7 Å². The highest BCUT2D eigenvalue weighted by molar-refractivity contribution is 5.93. The van der Waals surface area contributed by atoms with Crippen LogP contribution >= 0.6 is 0 Å². The van der Waals surface area contributed by atoms with Gasteiger partial charge in [0.25, 0.3) is 0 Å².